The summed E-state index contributed by atoms with van der Waals surface area (Å²) >= 11 is 5.96. The molecule has 0 aliphatic heterocycles. The van der Waals surface area contributed by atoms with Gasteiger partial charge >= 0.3 is 5.97 Å². The summed E-state index contributed by atoms with van der Waals surface area (Å²) in [4.78, 5) is 20.1. The van der Waals surface area contributed by atoms with Gasteiger partial charge in [-0.05, 0) is 52.8 Å². The molecule has 3 aromatic heterocycles. The number of aromatic nitrogens is 4. The predicted molar refractivity (Wildman–Crippen MR) is 123 cm³/mol. The molecule has 0 saturated heterocycles. The van der Waals surface area contributed by atoms with E-state index < -0.39 is 11.8 Å². The van der Waals surface area contributed by atoms with Gasteiger partial charge in [-0.3, -0.25) is 0 Å². The molecular formula is C22H13ClFN7O4. The molecule has 0 spiro atoms. The molecule has 0 atom stereocenters. The number of hydrogen-bond donors (Lipinski definition) is 3. The normalized spacial score (nSPS) is 11.7. The highest BCUT2D eigenvalue weighted by Crippen LogP contribution is 2.29. The number of nitrogens with one attached hydrogen (secondary N) is 1. The molecule has 13 heteroatoms. The Hall–Kier alpha value is -4.84. The quantitative estimate of drug-likeness (QED) is 0.177. The number of furan rings is 1. The molecule has 0 fully saturated rings. The maximum atomic E-state index is 14.3. The third kappa shape index (κ3) is 4.13. The van der Waals surface area contributed by atoms with E-state index in [0.29, 0.717) is 11.3 Å². The number of anilines is 2. The smallest absolute Gasteiger partial charge is 0.337 e. The van der Waals surface area contributed by atoms with Gasteiger partial charge in [0.15, 0.2) is 17.3 Å². The van der Waals surface area contributed by atoms with Crippen LogP contribution in [-0.2, 0) is 0 Å². The predicted octanol–water partition coefficient (Wildman–Crippen LogP) is 4.22. The van der Waals surface area contributed by atoms with Gasteiger partial charge in [0.05, 0.1) is 16.3 Å². The van der Waals surface area contributed by atoms with Crippen LogP contribution in [0.5, 0.6) is 0 Å². The summed E-state index contributed by atoms with van der Waals surface area (Å²) in [5.74, 6) is 4.55. The van der Waals surface area contributed by atoms with E-state index in [1.165, 1.54) is 24.3 Å². The zero-order chi connectivity index (χ0) is 24.5. The van der Waals surface area contributed by atoms with Crippen LogP contribution in [0.25, 0.3) is 22.6 Å². The van der Waals surface area contributed by atoms with Crippen molar-refractivity contribution < 1.29 is 23.3 Å². The van der Waals surface area contributed by atoms with Gasteiger partial charge in [-0.1, -0.05) is 23.7 Å². The van der Waals surface area contributed by atoms with Crippen LogP contribution < -0.4 is 11.2 Å². The SMILES string of the molecule is NN=C(c1ccc(-c2ccc(Cl)c(C(=O)O)c2)o1)c1nc2nonc2nc1Nc1ccccc1F. The van der Waals surface area contributed by atoms with Gasteiger partial charge in [0.25, 0.3) is 0 Å². The molecule has 5 rings (SSSR count). The highest BCUT2D eigenvalue weighted by molar-refractivity contribution is 6.33. The lowest BCUT2D eigenvalue weighted by Gasteiger charge is -2.11. The van der Waals surface area contributed by atoms with Crippen molar-refractivity contribution in [2.24, 2.45) is 10.9 Å². The summed E-state index contributed by atoms with van der Waals surface area (Å²) in [6.07, 6.45) is 0. The fourth-order valence-electron chi connectivity index (χ4n) is 3.28. The molecule has 4 N–H and O–H groups in total. The van der Waals surface area contributed by atoms with E-state index in [-0.39, 0.29) is 50.6 Å². The summed E-state index contributed by atoms with van der Waals surface area (Å²) in [5, 5.41) is 23.4. The fraction of sp³-hybridized carbons (Fsp3) is 0. The van der Waals surface area contributed by atoms with Crippen molar-refractivity contribution in [1.82, 2.24) is 20.3 Å². The third-order valence-electron chi connectivity index (χ3n) is 4.92. The molecular weight excluding hydrogens is 481 g/mol. The van der Waals surface area contributed by atoms with Crippen LogP contribution in [0.15, 0.2) is 68.7 Å². The number of carboxylic acid groups (broad SMARTS) is 1. The zero-order valence-corrected chi connectivity index (χ0v) is 18.2. The van der Waals surface area contributed by atoms with E-state index in [1.54, 1.807) is 30.3 Å². The van der Waals surface area contributed by atoms with E-state index in [9.17, 15) is 14.3 Å². The molecule has 0 aliphatic carbocycles. The minimum atomic E-state index is -1.18. The maximum Gasteiger partial charge on any atom is 0.337 e. The average molecular weight is 494 g/mol. The molecule has 174 valence electrons. The van der Waals surface area contributed by atoms with Crippen molar-refractivity contribution >= 4 is 46.1 Å². The number of hydrazone groups is 1. The molecule has 3 heterocycles. The highest BCUT2D eigenvalue weighted by Gasteiger charge is 2.23. The molecule has 5 aromatic rings. The number of fused-ring (bicyclic) bond motifs is 1. The van der Waals surface area contributed by atoms with Gasteiger partial charge in [-0.15, -0.1) is 0 Å². The molecule has 0 amide bonds. The van der Waals surface area contributed by atoms with Gasteiger partial charge in [-0.25, -0.2) is 23.8 Å². The summed E-state index contributed by atoms with van der Waals surface area (Å²) in [6.45, 7) is 0. The van der Waals surface area contributed by atoms with E-state index >= 15 is 0 Å². The van der Waals surface area contributed by atoms with E-state index in [4.69, 9.17) is 21.9 Å². The van der Waals surface area contributed by atoms with Crippen molar-refractivity contribution in [1.29, 1.82) is 0 Å². The first-order valence-corrected chi connectivity index (χ1v) is 10.3. The molecule has 35 heavy (non-hydrogen) atoms. The van der Waals surface area contributed by atoms with E-state index in [2.05, 4.69) is 35.3 Å². The molecule has 0 bridgehead atoms. The molecule has 0 aliphatic rings. The Kier molecular flexibility index (Phi) is 5.55. The monoisotopic (exact) mass is 493 g/mol. The van der Waals surface area contributed by atoms with Gasteiger partial charge < -0.3 is 20.7 Å². The Balaban J connectivity index is 1.58. The minimum Gasteiger partial charge on any atom is -0.478 e. The van der Waals surface area contributed by atoms with Crippen LogP contribution in [0.2, 0.25) is 5.02 Å². The zero-order valence-electron chi connectivity index (χ0n) is 17.4. The lowest BCUT2D eigenvalue weighted by molar-refractivity contribution is 0.0697. The number of carbonyl (C=O) groups is 1. The van der Waals surface area contributed by atoms with Crippen LogP contribution in [0.1, 0.15) is 21.8 Å². The van der Waals surface area contributed by atoms with Gasteiger partial charge in [0.1, 0.15) is 17.3 Å². The van der Waals surface area contributed by atoms with Gasteiger partial charge in [-0.2, -0.15) is 5.10 Å². The first-order valence-electron chi connectivity index (χ1n) is 9.88. The van der Waals surface area contributed by atoms with Crippen LogP contribution in [0.4, 0.5) is 15.9 Å². The number of para-hydroxylation sites is 1. The van der Waals surface area contributed by atoms with Crippen molar-refractivity contribution in [3.05, 3.63) is 82.5 Å². The number of aromatic carboxylic acids is 1. The second-order valence-electron chi connectivity index (χ2n) is 7.08. The maximum absolute atomic E-state index is 14.3. The number of carboxylic acids is 1. The van der Waals surface area contributed by atoms with Crippen molar-refractivity contribution in [3.63, 3.8) is 0 Å². The molecule has 0 unspecified atom stereocenters. The lowest BCUT2D eigenvalue weighted by Crippen LogP contribution is -2.13. The fourth-order valence-corrected chi connectivity index (χ4v) is 3.48. The van der Waals surface area contributed by atoms with Crippen molar-refractivity contribution in [2.45, 2.75) is 0 Å². The van der Waals surface area contributed by atoms with Crippen molar-refractivity contribution in [2.75, 3.05) is 5.32 Å². The summed E-state index contributed by atoms with van der Waals surface area (Å²) in [6, 6.07) is 13.6. The lowest BCUT2D eigenvalue weighted by atomic mass is 10.1. The standard InChI is InChI=1S/C22H13ClFN7O4/c23-12-6-5-10(9-11(12)22(32)33)15-7-8-16(34-15)17(29-25)18-19(26-14-4-2-1-3-13(14)24)28-21-20(27-18)30-35-31-21/h1-9H,25H2,(H,32,33)(H,26,28,31). The first-order chi connectivity index (χ1) is 16.9. The summed E-state index contributed by atoms with van der Waals surface area (Å²) in [5.41, 5.74) is 0.782. The Morgan fingerprint density at radius 3 is 2.60 bits per heavy atom. The first kappa shape index (κ1) is 22.0. The number of rotatable bonds is 6. The Labute approximate surface area is 200 Å². The molecule has 11 nitrogen and oxygen atoms in total. The second-order valence-corrected chi connectivity index (χ2v) is 7.49. The number of nitrogens with zero attached hydrogens (tertiary/aromatic N) is 5. The van der Waals surface area contributed by atoms with E-state index in [0.717, 1.165) is 0 Å². The minimum absolute atomic E-state index is 0.0555. The van der Waals surface area contributed by atoms with Crippen LogP contribution >= 0.6 is 11.6 Å². The number of benzene rings is 2. The van der Waals surface area contributed by atoms with Crippen molar-refractivity contribution in [3.8, 4) is 11.3 Å². The summed E-state index contributed by atoms with van der Waals surface area (Å²) < 4.78 is 24.9. The van der Waals surface area contributed by atoms with Crippen LogP contribution in [-0.4, -0.2) is 37.1 Å². The average Bonchev–Trinajstić information content (AvgIpc) is 3.51. The van der Waals surface area contributed by atoms with Gasteiger partial charge in [0, 0.05) is 5.56 Å². The number of halogens is 2. The number of hydrogen-bond acceptors (Lipinski definition) is 10. The highest BCUT2D eigenvalue weighted by atomic mass is 35.5. The largest absolute Gasteiger partial charge is 0.478 e. The number of nitrogens with two attached hydrogens (primary N) is 1. The van der Waals surface area contributed by atoms with Crippen LogP contribution in [0.3, 0.4) is 0 Å². The van der Waals surface area contributed by atoms with Crippen LogP contribution in [0, 0.1) is 5.82 Å². The molecule has 0 radical (unpaired) electrons. The second kappa shape index (κ2) is 8.83. The molecule has 0 saturated carbocycles. The summed E-state index contributed by atoms with van der Waals surface area (Å²) in [7, 11) is 0. The Morgan fingerprint density at radius 2 is 1.86 bits per heavy atom. The molecule has 2 aromatic carbocycles. The Morgan fingerprint density at radius 1 is 1.09 bits per heavy atom. The third-order valence-corrected chi connectivity index (χ3v) is 5.24. The Bertz CT molecular complexity index is 1610. The van der Waals surface area contributed by atoms with Gasteiger partial charge in [0.2, 0.25) is 11.3 Å². The topological polar surface area (TPSA) is 166 Å². The van der Waals surface area contributed by atoms with E-state index in [1.807, 2.05) is 0 Å².